The van der Waals surface area contributed by atoms with Crippen LogP contribution in [0.25, 0.3) is 0 Å². The molecule has 0 spiro atoms. The van der Waals surface area contributed by atoms with Gasteiger partial charge in [-0.3, -0.25) is 4.79 Å². The van der Waals surface area contributed by atoms with Crippen LogP contribution in [0.5, 0.6) is 0 Å². The molecule has 1 aromatic carbocycles. The van der Waals surface area contributed by atoms with Gasteiger partial charge in [-0.05, 0) is 57.9 Å². The number of hydrogen-bond donors (Lipinski definition) is 1. The number of nitrogens with zero attached hydrogens (tertiary/aromatic N) is 1. The highest BCUT2D eigenvalue weighted by molar-refractivity contribution is 5.93. The van der Waals surface area contributed by atoms with E-state index in [1.54, 1.807) is 13.0 Å². The fraction of sp³-hybridized carbons (Fsp3) is 0.368. The number of aromatic nitrogens is 1. The number of benzene rings is 1. The van der Waals surface area contributed by atoms with Gasteiger partial charge in [0.2, 0.25) is 5.91 Å². The normalized spacial score (nSPS) is 10.5. The molecule has 2 aromatic rings. The Labute approximate surface area is 142 Å². The van der Waals surface area contributed by atoms with Crippen LogP contribution in [0.3, 0.4) is 0 Å². The lowest BCUT2D eigenvalue weighted by Gasteiger charge is -2.12. The summed E-state index contributed by atoms with van der Waals surface area (Å²) in [4.78, 5) is 24.4. The van der Waals surface area contributed by atoms with E-state index in [9.17, 15) is 9.59 Å². The van der Waals surface area contributed by atoms with Gasteiger partial charge in [0.05, 0.1) is 12.2 Å². The number of ether oxygens (including phenoxy) is 1. The minimum absolute atomic E-state index is 0.124. The number of anilines is 1. The second-order valence-corrected chi connectivity index (χ2v) is 5.96. The van der Waals surface area contributed by atoms with E-state index in [1.807, 2.05) is 50.5 Å². The molecule has 0 aliphatic carbocycles. The number of hydrogen-bond acceptors (Lipinski definition) is 3. The van der Waals surface area contributed by atoms with E-state index >= 15 is 0 Å². The number of amides is 1. The van der Waals surface area contributed by atoms with Gasteiger partial charge in [0.15, 0.2) is 0 Å². The Morgan fingerprint density at radius 3 is 2.50 bits per heavy atom. The lowest BCUT2D eigenvalue weighted by molar-refractivity contribution is -0.116. The van der Waals surface area contributed by atoms with Crippen LogP contribution in [0, 0.1) is 27.7 Å². The molecule has 128 valence electrons. The number of carbonyl (C=O) groups is 2. The van der Waals surface area contributed by atoms with Crippen LogP contribution < -0.4 is 5.32 Å². The second kappa shape index (κ2) is 7.34. The van der Waals surface area contributed by atoms with Gasteiger partial charge in [-0.2, -0.15) is 0 Å². The Bertz CT molecular complexity index is 775. The molecule has 0 atom stereocenters. The van der Waals surface area contributed by atoms with Gasteiger partial charge in [-0.25, -0.2) is 4.79 Å². The van der Waals surface area contributed by atoms with E-state index in [4.69, 9.17) is 4.74 Å². The number of aryl methyl sites for hydroxylation is 3. The SMILES string of the molecule is CCOC(=O)c1cc(C)n(CC(=O)Nc2cc(C)ccc2C)c1C. The van der Waals surface area contributed by atoms with Crippen LogP contribution in [0.2, 0.25) is 0 Å². The summed E-state index contributed by atoms with van der Waals surface area (Å²) in [6.45, 7) is 9.90. The van der Waals surface area contributed by atoms with Crippen molar-refractivity contribution in [3.63, 3.8) is 0 Å². The van der Waals surface area contributed by atoms with Gasteiger partial charge in [0, 0.05) is 17.1 Å². The summed E-state index contributed by atoms with van der Waals surface area (Å²) in [7, 11) is 0. The van der Waals surface area contributed by atoms with Gasteiger partial charge < -0.3 is 14.6 Å². The molecule has 0 radical (unpaired) electrons. The van der Waals surface area contributed by atoms with E-state index in [0.717, 1.165) is 28.2 Å². The first-order chi connectivity index (χ1) is 11.3. The van der Waals surface area contributed by atoms with Crippen LogP contribution in [0.15, 0.2) is 24.3 Å². The van der Waals surface area contributed by atoms with Crippen LogP contribution in [-0.2, 0) is 16.1 Å². The lowest BCUT2D eigenvalue weighted by Crippen LogP contribution is -2.21. The van der Waals surface area contributed by atoms with Crippen LogP contribution in [-0.4, -0.2) is 23.1 Å². The minimum Gasteiger partial charge on any atom is -0.462 e. The molecule has 5 nitrogen and oxygen atoms in total. The quantitative estimate of drug-likeness (QED) is 0.854. The van der Waals surface area contributed by atoms with Crippen molar-refractivity contribution < 1.29 is 14.3 Å². The maximum atomic E-state index is 12.4. The molecule has 0 saturated heterocycles. The molecule has 0 aliphatic heterocycles. The molecule has 1 amide bonds. The monoisotopic (exact) mass is 328 g/mol. The minimum atomic E-state index is -0.355. The maximum absolute atomic E-state index is 12.4. The highest BCUT2D eigenvalue weighted by Crippen LogP contribution is 2.19. The third kappa shape index (κ3) is 3.85. The van der Waals surface area contributed by atoms with E-state index in [2.05, 4.69) is 5.32 Å². The predicted molar refractivity (Wildman–Crippen MR) is 94.4 cm³/mol. The number of nitrogens with one attached hydrogen (secondary N) is 1. The predicted octanol–water partition coefficient (Wildman–Crippen LogP) is 3.54. The average Bonchev–Trinajstić information content (AvgIpc) is 2.79. The zero-order valence-corrected chi connectivity index (χ0v) is 14.9. The molecule has 0 aliphatic rings. The molecule has 1 N–H and O–H groups in total. The fourth-order valence-corrected chi connectivity index (χ4v) is 2.66. The van der Waals surface area contributed by atoms with E-state index in [0.29, 0.717) is 12.2 Å². The summed E-state index contributed by atoms with van der Waals surface area (Å²) in [6, 6.07) is 7.71. The highest BCUT2D eigenvalue weighted by Gasteiger charge is 2.18. The first kappa shape index (κ1) is 17.8. The van der Waals surface area contributed by atoms with Crippen molar-refractivity contribution in [3.8, 4) is 0 Å². The van der Waals surface area contributed by atoms with E-state index in [-0.39, 0.29) is 18.4 Å². The van der Waals surface area contributed by atoms with E-state index < -0.39 is 0 Å². The zero-order valence-electron chi connectivity index (χ0n) is 14.9. The maximum Gasteiger partial charge on any atom is 0.339 e. The van der Waals surface area contributed by atoms with Gasteiger partial charge in [0.1, 0.15) is 6.54 Å². The molecule has 24 heavy (non-hydrogen) atoms. The molecule has 0 unspecified atom stereocenters. The largest absolute Gasteiger partial charge is 0.462 e. The fourth-order valence-electron chi connectivity index (χ4n) is 2.66. The third-order valence-electron chi connectivity index (χ3n) is 4.04. The summed E-state index contributed by atoms with van der Waals surface area (Å²) >= 11 is 0. The smallest absolute Gasteiger partial charge is 0.339 e. The topological polar surface area (TPSA) is 60.3 Å². The number of rotatable bonds is 5. The Balaban J connectivity index is 2.17. The lowest BCUT2D eigenvalue weighted by atomic mass is 10.1. The molecule has 5 heteroatoms. The Morgan fingerprint density at radius 2 is 1.83 bits per heavy atom. The summed E-state index contributed by atoms with van der Waals surface area (Å²) in [5.74, 6) is -0.479. The first-order valence-electron chi connectivity index (χ1n) is 8.04. The molecular weight excluding hydrogens is 304 g/mol. The zero-order chi connectivity index (χ0) is 17.9. The second-order valence-electron chi connectivity index (χ2n) is 5.96. The van der Waals surface area contributed by atoms with Crippen LogP contribution in [0.4, 0.5) is 5.69 Å². The number of carbonyl (C=O) groups excluding carboxylic acids is 2. The standard InChI is InChI=1S/C19H24N2O3/c1-6-24-19(23)16-10-14(4)21(15(16)5)11-18(22)20-17-9-12(2)7-8-13(17)3/h7-10H,6,11H2,1-5H3,(H,20,22). The summed E-state index contributed by atoms with van der Waals surface area (Å²) in [5.41, 5.74) is 5.02. The van der Waals surface area contributed by atoms with Crippen molar-refractivity contribution in [3.05, 3.63) is 52.3 Å². The Morgan fingerprint density at radius 1 is 1.12 bits per heavy atom. The molecule has 2 rings (SSSR count). The van der Waals surface area contributed by atoms with Gasteiger partial charge >= 0.3 is 5.97 Å². The van der Waals surface area contributed by atoms with Crippen LogP contribution >= 0.6 is 0 Å². The summed E-state index contributed by atoms with van der Waals surface area (Å²) < 4.78 is 6.88. The number of esters is 1. The summed E-state index contributed by atoms with van der Waals surface area (Å²) in [5, 5.41) is 2.94. The molecule has 0 fully saturated rings. The van der Waals surface area contributed by atoms with Crippen molar-refractivity contribution in [1.82, 2.24) is 4.57 Å². The Kier molecular flexibility index (Phi) is 5.44. The summed E-state index contributed by atoms with van der Waals surface area (Å²) in [6.07, 6.45) is 0. The highest BCUT2D eigenvalue weighted by atomic mass is 16.5. The van der Waals surface area contributed by atoms with Gasteiger partial charge in [-0.15, -0.1) is 0 Å². The Hall–Kier alpha value is -2.56. The molecular formula is C19H24N2O3. The third-order valence-corrected chi connectivity index (χ3v) is 4.04. The van der Waals surface area contributed by atoms with Crippen molar-refractivity contribution >= 4 is 17.6 Å². The molecule has 0 bridgehead atoms. The van der Waals surface area contributed by atoms with Crippen molar-refractivity contribution in [2.45, 2.75) is 41.2 Å². The van der Waals surface area contributed by atoms with Crippen molar-refractivity contribution in [2.75, 3.05) is 11.9 Å². The first-order valence-corrected chi connectivity index (χ1v) is 8.04. The van der Waals surface area contributed by atoms with E-state index in [1.165, 1.54) is 0 Å². The van der Waals surface area contributed by atoms with Crippen molar-refractivity contribution in [2.24, 2.45) is 0 Å². The van der Waals surface area contributed by atoms with Crippen molar-refractivity contribution in [1.29, 1.82) is 0 Å². The average molecular weight is 328 g/mol. The van der Waals surface area contributed by atoms with Gasteiger partial charge in [-0.1, -0.05) is 12.1 Å². The van der Waals surface area contributed by atoms with Gasteiger partial charge in [0.25, 0.3) is 0 Å². The molecule has 1 aromatic heterocycles. The van der Waals surface area contributed by atoms with Crippen LogP contribution in [0.1, 0.15) is 39.8 Å². The molecule has 1 heterocycles. The molecule has 0 saturated carbocycles.